The van der Waals surface area contributed by atoms with E-state index in [0.717, 1.165) is 43.7 Å². The van der Waals surface area contributed by atoms with Gasteiger partial charge in [0.15, 0.2) is 5.82 Å². The molecule has 2 N–H and O–H groups in total. The lowest BCUT2D eigenvalue weighted by Gasteiger charge is -2.32. The van der Waals surface area contributed by atoms with Gasteiger partial charge in [-0.3, -0.25) is 0 Å². The highest BCUT2D eigenvalue weighted by atomic mass is 19.1. The number of rotatable bonds is 3. The minimum atomic E-state index is -0.291. The summed E-state index contributed by atoms with van der Waals surface area (Å²) < 4.78 is 13.9. The second-order valence-electron chi connectivity index (χ2n) is 5.68. The van der Waals surface area contributed by atoms with Gasteiger partial charge >= 0.3 is 0 Å². The van der Waals surface area contributed by atoms with E-state index in [4.69, 9.17) is 5.73 Å². The highest BCUT2D eigenvalue weighted by molar-refractivity contribution is 5.59. The van der Waals surface area contributed by atoms with Gasteiger partial charge in [-0.15, -0.1) is 0 Å². The number of nitrogens with two attached hydrogens (primary N) is 1. The van der Waals surface area contributed by atoms with Crippen LogP contribution in [0, 0.1) is 5.82 Å². The Labute approximate surface area is 130 Å². The maximum Gasteiger partial charge on any atom is 0.162 e. The topological polar surface area (TPSA) is 55.0 Å². The van der Waals surface area contributed by atoms with Gasteiger partial charge in [0.2, 0.25) is 0 Å². The third kappa shape index (κ3) is 2.95. The molecule has 116 valence electrons. The van der Waals surface area contributed by atoms with Gasteiger partial charge in [-0.2, -0.15) is 0 Å². The van der Waals surface area contributed by atoms with Crippen molar-refractivity contribution in [2.24, 2.45) is 5.73 Å². The van der Waals surface area contributed by atoms with Crippen molar-refractivity contribution in [2.75, 3.05) is 18.0 Å². The summed E-state index contributed by atoms with van der Waals surface area (Å²) in [5, 5.41) is 0. The fraction of sp³-hybridized carbons (Fsp3) is 0.412. The zero-order valence-corrected chi connectivity index (χ0v) is 12.8. The predicted molar refractivity (Wildman–Crippen MR) is 86.2 cm³/mol. The largest absolute Gasteiger partial charge is 0.369 e. The van der Waals surface area contributed by atoms with Crippen molar-refractivity contribution in [2.45, 2.75) is 32.2 Å². The number of anilines is 1. The van der Waals surface area contributed by atoms with Gasteiger partial charge in [0.1, 0.15) is 5.82 Å². The molecular weight excluding hydrogens is 279 g/mol. The van der Waals surface area contributed by atoms with E-state index in [1.807, 2.05) is 6.20 Å². The lowest BCUT2D eigenvalue weighted by Crippen LogP contribution is -2.40. The Morgan fingerprint density at radius 3 is 2.68 bits per heavy atom. The van der Waals surface area contributed by atoms with Crippen molar-refractivity contribution in [3.05, 3.63) is 42.0 Å². The molecule has 1 fully saturated rings. The lowest BCUT2D eigenvalue weighted by atomic mass is 10.1. The van der Waals surface area contributed by atoms with E-state index in [2.05, 4.69) is 21.8 Å². The molecule has 0 atom stereocenters. The average Bonchev–Trinajstić information content (AvgIpc) is 2.55. The molecule has 2 aromatic rings. The van der Waals surface area contributed by atoms with E-state index < -0.39 is 0 Å². The van der Waals surface area contributed by atoms with E-state index in [1.165, 1.54) is 6.07 Å². The molecule has 0 amide bonds. The Hall–Kier alpha value is -2.01. The van der Waals surface area contributed by atoms with Crippen LogP contribution in [-0.2, 0) is 6.42 Å². The van der Waals surface area contributed by atoms with Crippen LogP contribution < -0.4 is 10.6 Å². The minimum absolute atomic E-state index is 0.291. The highest BCUT2D eigenvalue weighted by Gasteiger charge is 2.20. The van der Waals surface area contributed by atoms with Crippen LogP contribution in [0.1, 0.15) is 25.5 Å². The molecule has 1 aliphatic rings. The number of hydrogen-bond donors (Lipinski definition) is 1. The van der Waals surface area contributed by atoms with Crippen LogP contribution in [0.15, 0.2) is 30.5 Å². The molecule has 1 aromatic heterocycles. The van der Waals surface area contributed by atoms with Gasteiger partial charge in [0.25, 0.3) is 0 Å². The summed E-state index contributed by atoms with van der Waals surface area (Å²) in [6, 6.07) is 6.91. The van der Waals surface area contributed by atoms with E-state index in [9.17, 15) is 4.39 Å². The Morgan fingerprint density at radius 1 is 1.27 bits per heavy atom. The van der Waals surface area contributed by atoms with Crippen LogP contribution in [0.5, 0.6) is 0 Å². The van der Waals surface area contributed by atoms with E-state index in [0.29, 0.717) is 17.4 Å². The third-order valence-corrected chi connectivity index (χ3v) is 4.18. The molecule has 2 heterocycles. The van der Waals surface area contributed by atoms with Gasteiger partial charge in [0, 0.05) is 19.1 Å². The summed E-state index contributed by atoms with van der Waals surface area (Å²) >= 11 is 0. The number of hydrogen-bond acceptors (Lipinski definition) is 4. The molecule has 0 unspecified atom stereocenters. The average molecular weight is 300 g/mol. The zero-order chi connectivity index (χ0) is 15.5. The first-order valence-corrected chi connectivity index (χ1v) is 7.80. The summed E-state index contributed by atoms with van der Waals surface area (Å²) in [6.07, 6.45) is 4.59. The Kier molecular flexibility index (Phi) is 4.34. The van der Waals surface area contributed by atoms with Crippen molar-refractivity contribution in [1.29, 1.82) is 0 Å². The van der Waals surface area contributed by atoms with Crippen molar-refractivity contribution in [1.82, 2.24) is 9.97 Å². The van der Waals surface area contributed by atoms with Crippen molar-refractivity contribution >= 4 is 5.69 Å². The smallest absolute Gasteiger partial charge is 0.162 e. The molecule has 0 bridgehead atoms. The normalized spacial score (nSPS) is 16.0. The van der Waals surface area contributed by atoms with E-state index >= 15 is 0 Å². The van der Waals surface area contributed by atoms with Gasteiger partial charge < -0.3 is 10.6 Å². The molecule has 0 aliphatic carbocycles. The van der Waals surface area contributed by atoms with E-state index in [1.54, 1.807) is 18.2 Å². The van der Waals surface area contributed by atoms with Crippen molar-refractivity contribution < 1.29 is 4.39 Å². The second kappa shape index (κ2) is 6.40. The molecule has 3 rings (SSSR count). The fourth-order valence-electron chi connectivity index (χ4n) is 2.85. The number of aromatic nitrogens is 2. The maximum atomic E-state index is 13.9. The summed E-state index contributed by atoms with van der Waals surface area (Å²) in [5.74, 6) is 0.161. The molecule has 0 radical (unpaired) electrons. The molecular formula is C17H21FN4. The first kappa shape index (κ1) is 14.9. The monoisotopic (exact) mass is 300 g/mol. The van der Waals surface area contributed by atoms with Crippen LogP contribution in [0.2, 0.25) is 0 Å². The number of benzene rings is 1. The SMILES string of the molecule is CCc1nc(-c2ccccc2F)ncc1N1CCC(N)CC1. The zero-order valence-electron chi connectivity index (χ0n) is 12.8. The van der Waals surface area contributed by atoms with Crippen molar-refractivity contribution in [3.8, 4) is 11.4 Å². The number of piperidine rings is 1. The van der Waals surface area contributed by atoms with Crippen LogP contribution in [0.3, 0.4) is 0 Å². The van der Waals surface area contributed by atoms with Crippen molar-refractivity contribution in [3.63, 3.8) is 0 Å². The lowest BCUT2D eigenvalue weighted by molar-refractivity contribution is 0.499. The molecule has 4 nitrogen and oxygen atoms in total. The third-order valence-electron chi connectivity index (χ3n) is 4.18. The number of nitrogens with zero attached hydrogens (tertiary/aromatic N) is 3. The van der Waals surface area contributed by atoms with E-state index in [-0.39, 0.29) is 5.82 Å². The molecule has 1 saturated heterocycles. The minimum Gasteiger partial charge on any atom is -0.369 e. The predicted octanol–water partition coefficient (Wildman–Crippen LogP) is 2.77. The first-order chi connectivity index (χ1) is 10.7. The Morgan fingerprint density at radius 2 is 2.00 bits per heavy atom. The number of halogens is 1. The second-order valence-corrected chi connectivity index (χ2v) is 5.68. The van der Waals surface area contributed by atoms with Crippen LogP contribution >= 0.6 is 0 Å². The van der Waals surface area contributed by atoms with Crippen LogP contribution in [0.25, 0.3) is 11.4 Å². The molecule has 0 spiro atoms. The number of aryl methyl sites for hydroxylation is 1. The Bertz CT molecular complexity index is 651. The van der Waals surface area contributed by atoms with Crippen LogP contribution in [-0.4, -0.2) is 29.1 Å². The maximum absolute atomic E-state index is 13.9. The summed E-state index contributed by atoms with van der Waals surface area (Å²) in [7, 11) is 0. The summed E-state index contributed by atoms with van der Waals surface area (Å²) in [6.45, 7) is 3.92. The van der Waals surface area contributed by atoms with Gasteiger partial charge in [-0.25, -0.2) is 14.4 Å². The molecule has 0 saturated carbocycles. The summed E-state index contributed by atoms with van der Waals surface area (Å²) in [4.78, 5) is 11.3. The first-order valence-electron chi connectivity index (χ1n) is 7.80. The van der Waals surface area contributed by atoms with Gasteiger partial charge in [-0.05, 0) is 31.4 Å². The standard InChI is InChI=1S/C17H21FN4/c1-2-15-16(22-9-7-12(19)8-10-22)11-20-17(21-15)13-5-3-4-6-14(13)18/h3-6,11-12H,2,7-10,19H2,1H3. The highest BCUT2D eigenvalue weighted by Crippen LogP contribution is 2.26. The molecule has 1 aliphatic heterocycles. The molecule has 5 heteroatoms. The quantitative estimate of drug-likeness (QED) is 0.947. The van der Waals surface area contributed by atoms with Crippen LogP contribution in [0.4, 0.5) is 10.1 Å². The fourth-order valence-corrected chi connectivity index (χ4v) is 2.85. The van der Waals surface area contributed by atoms with Gasteiger partial charge in [0.05, 0.1) is 23.1 Å². The molecule has 22 heavy (non-hydrogen) atoms. The van der Waals surface area contributed by atoms with Gasteiger partial charge in [-0.1, -0.05) is 19.1 Å². The molecule has 1 aromatic carbocycles. The summed E-state index contributed by atoms with van der Waals surface area (Å²) in [5.41, 5.74) is 8.42. The Balaban J connectivity index is 1.93.